The molecule has 250 valence electrons. The summed E-state index contributed by atoms with van der Waals surface area (Å²) in [6.45, 7) is 4.70. The zero-order chi connectivity index (χ0) is 35.3. The number of hydrogen-bond acceptors (Lipinski definition) is 0. The van der Waals surface area contributed by atoms with Crippen LogP contribution in [-0.4, -0.2) is 9.13 Å². The second kappa shape index (κ2) is 11.2. The molecule has 0 saturated heterocycles. The fourth-order valence-corrected chi connectivity index (χ4v) is 9.14. The van der Waals surface area contributed by atoms with Crippen molar-refractivity contribution in [2.24, 2.45) is 0 Å². The van der Waals surface area contributed by atoms with Crippen molar-refractivity contribution in [3.8, 4) is 44.8 Å². The molecule has 2 heterocycles. The summed E-state index contributed by atoms with van der Waals surface area (Å²) >= 11 is 0. The molecule has 0 bridgehead atoms. The summed E-state index contributed by atoms with van der Waals surface area (Å²) in [6, 6.07) is 67.1. The molecule has 8 aromatic carbocycles. The molecule has 0 spiro atoms. The summed E-state index contributed by atoms with van der Waals surface area (Å²) in [5, 5.41) is 5.05. The molecule has 0 amide bonds. The lowest BCUT2D eigenvalue weighted by atomic mass is 9.81. The van der Waals surface area contributed by atoms with Gasteiger partial charge in [-0.05, 0) is 105 Å². The van der Waals surface area contributed by atoms with Crippen LogP contribution in [0.25, 0.3) is 88.4 Å². The van der Waals surface area contributed by atoms with Gasteiger partial charge in [0.2, 0.25) is 0 Å². The van der Waals surface area contributed by atoms with Crippen LogP contribution in [0.5, 0.6) is 0 Å². The molecule has 2 aromatic heterocycles. The number of rotatable bonds is 4. The Morgan fingerprint density at radius 3 is 1.70 bits per heavy atom. The zero-order valence-corrected chi connectivity index (χ0v) is 29.7. The molecule has 2 heteroatoms. The Kier molecular flexibility index (Phi) is 6.33. The minimum atomic E-state index is -0.0350. The SMILES string of the molecule is CC1(C)c2ccccc2-c2ccc(-c3cccc(-n4c5ccccc5c5cc(-c6ccc7c8ccccc8n(-c8ccccc8)c7c6)ccc54)c3)cc21. The van der Waals surface area contributed by atoms with Gasteiger partial charge in [-0.3, -0.25) is 0 Å². The molecule has 0 saturated carbocycles. The first kappa shape index (κ1) is 30.0. The quantitative estimate of drug-likeness (QED) is 0.176. The molecule has 0 fully saturated rings. The van der Waals surface area contributed by atoms with Crippen molar-refractivity contribution >= 4 is 43.6 Å². The van der Waals surface area contributed by atoms with Crippen LogP contribution >= 0.6 is 0 Å². The van der Waals surface area contributed by atoms with Crippen molar-refractivity contribution in [3.05, 3.63) is 193 Å². The molecule has 10 aromatic rings. The molecule has 0 aliphatic heterocycles. The van der Waals surface area contributed by atoms with E-state index in [1.807, 2.05) is 0 Å². The van der Waals surface area contributed by atoms with Crippen molar-refractivity contribution in [2.45, 2.75) is 19.3 Å². The van der Waals surface area contributed by atoms with E-state index in [2.05, 4.69) is 205 Å². The van der Waals surface area contributed by atoms with Crippen molar-refractivity contribution in [3.63, 3.8) is 0 Å². The highest BCUT2D eigenvalue weighted by Gasteiger charge is 2.35. The minimum absolute atomic E-state index is 0.0350. The molecular weight excluding hydrogens is 641 g/mol. The van der Waals surface area contributed by atoms with Crippen molar-refractivity contribution in [1.29, 1.82) is 0 Å². The van der Waals surface area contributed by atoms with E-state index in [9.17, 15) is 0 Å². The normalized spacial score (nSPS) is 13.2. The third kappa shape index (κ3) is 4.39. The maximum Gasteiger partial charge on any atom is 0.0547 e. The van der Waals surface area contributed by atoms with E-state index in [-0.39, 0.29) is 5.41 Å². The van der Waals surface area contributed by atoms with Crippen LogP contribution in [-0.2, 0) is 5.41 Å². The number of nitrogens with zero attached hydrogens (tertiary/aromatic N) is 2. The lowest BCUT2D eigenvalue weighted by molar-refractivity contribution is 0.660. The van der Waals surface area contributed by atoms with Crippen LogP contribution in [0.1, 0.15) is 25.0 Å². The Morgan fingerprint density at radius 2 is 0.868 bits per heavy atom. The lowest BCUT2D eigenvalue weighted by Crippen LogP contribution is -2.14. The Labute approximate surface area is 308 Å². The Bertz CT molecular complexity index is 3080. The van der Waals surface area contributed by atoms with Crippen LogP contribution in [0, 0.1) is 0 Å². The fourth-order valence-electron chi connectivity index (χ4n) is 9.14. The first-order chi connectivity index (χ1) is 26.0. The molecule has 0 radical (unpaired) electrons. The monoisotopic (exact) mass is 676 g/mol. The third-order valence-electron chi connectivity index (χ3n) is 11.7. The largest absolute Gasteiger partial charge is 0.309 e. The van der Waals surface area contributed by atoms with E-state index in [0.717, 1.165) is 0 Å². The summed E-state index contributed by atoms with van der Waals surface area (Å²) < 4.78 is 4.83. The average Bonchev–Trinajstić information content (AvgIpc) is 3.81. The Morgan fingerprint density at radius 1 is 0.321 bits per heavy atom. The van der Waals surface area contributed by atoms with Gasteiger partial charge in [0.15, 0.2) is 0 Å². The predicted molar refractivity (Wildman–Crippen MR) is 224 cm³/mol. The van der Waals surface area contributed by atoms with E-state index >= 15 is 0 Å². The number of para-hydroxylation sites is 3. The van der Waals surface area contributed by atoms with Crippen molar-refractivity contribution in [1.82, 2.24) is 9.13 Å². The number of fused-ring (bicyclic) bond motifs is 9. The van der Waals surface area contributed by atoms with Gasteiger partial charge in [-0.1, -0.05) is 135 Å². The van der Waals surface area contributed by atoms with Crippen LogP contribution in [0.4, 0.5) is 0 Å². The highest BCUT2D eigenvalue weighted by atomic mass is 15.0. The molecule has 0 atom stereocenters. The predicted octanol–water partition coefficient (Wildman–Crippen LogP) is 13.5. The number of hydrogen-bond donors (Lipinski definition) is 0. The highest BCUT2D eigenvalue weighted by molar-refractivity contribution is 6.12. The first-order valence-corrected chi connectivity index (χ1v) is 18.5. The van der Waals surface area contributed by atoms with Crippen LogP contribution < -0.4 is 0 Å². The van der Waals surface area contributed by atoms with Gasteiger partial charge in [-0.25, -0.2) is 0 Å². The van der Waals surface area contributed by atoms with Gasteiger partial charge >= 0.3 is 0 Å². The molecule has 1 aliphatic rings. The van der Waals surface area contributed by atoms with Crippen molar-refractivity contribution in [2.75, 3.05) is 0 Å². The van der Waals surface area contributed by atoms with Gasteiger partial charge in [0, 0.05) is 38.3 Å². The van der Waals surface area contributed by atoms with Gasteiger partial charge in [0.1, 0.15) is 0 Å². The zero-order valence-electron chi connectivity index (χ0n) is 29.7. The number of benzene rings is 8. The van der Waals surface area contributed by atoms with E-state index in [1.54, 1.807) is 0 Å². The Balaban J connectivity index is 1.05. The van der Waals surface area contributed by atoms with E-state index in [4.69, 9.17) is 0 Å². The third-order valence-corrected chi connectivity index (χ3v) is 11.7. The van der Waals surface area contributed by atoms with Crippen molar-refractivity contribution < 1.29 is 0 Å². The van der Waals surface area contributed by atoms with Gasteiger partial charge in [-0.2, -0.15) is 0 Å². The second-order valence-corrected chi connectivity index (χ2v) is 15.0. The molecule has 2 nitrogen and oxygen atoms in total. The second-order valence-electron chi connectivity index (χ2n) is 15.0. The fraction of sp³-hybridized carbons (Fsp3) is 0.0588. The van der Waals surface area contributed by atoms with Gasteiger partial charge in [0.05, 0.1) is 22.1 Å². The Hall–Kier alpha value is -6.64. The number of aromatic nitrogens is 2. The van der Waals surface area contributed by atoms with E-state index in [1.165, 1.54) is 99.5 Å². The van der Waals surface area contributed by atoms with Crippen LogP contribution in [0.15, 0.2) is 182 Å². The van der Waals surface area contributed by atoms with Crippen LogP contribution in [0.3, 0.4) is 0 Å². The van der Waals surface area contributed by atoms with E-state index < -0.39 is 0 Å². The summed E-state index contributed by atoms with van der Waals surface area (Å²) in [4.78, 5) is 0. The molecule has 1 aliphatic carbocycles. The van der Waals surface area contributed by atoms with Gasteiger partial charge < -0.3 is 9.13 Å². The average molecular weight is 677 g/mol. The van der Waals surface area contributed by atoms with Gasteiger partial charge in [0.25, 0.3) is 0 Å². The maximum atomic E-state index is 2.43. The molecule has 0 N–H and O–H groups in total. The molecule has 0 unspecified atom stereocenters. The molecule has 53 heavy (non-hydrogen) atoms. The van der Waals surface area contributed by atoms with E-state index in [0.29, 0.717) is 0 Å². The van der Waals surface area contributed by atoms with Crippen LogP contribution in [0.2, 0.25) is 0 Å². The minimum Gasteiger partial charge on any atom is -0.309 e. The summed E-state index contributed by atoms with van der Waals surface area (Å²) in [5.41, 5.74) is 17.6. The first-order valence-electron chi connectivity index (χ1n) is 18.5. The summed E-state index contributed by atoms with van der Waals surface area (Å²) in [7, 11) is 0. The molecule has 11 rings (SSSR count). The topological polar surface area (TPSA) is 9.86 Å². The maximum absolute atomic E-state index is 2.43. The van der Waals surface area contributed by atoms with Gasteiger partial charge in [-0.15, -0.1) is 0 Å². The summed E-state index contributed by atoms with van der Waals surface area (Å²) in [6.07, 6.45) is 0. The smallest absolute Gasteiger partial charge is 0.0547 e. The standard InChI is InChI=1S/C51H36N2/c1-51(2)45-20-9-6-17-39(45)40-26-23-35(31-46(40)51)33-13-12-16-38(29-33)53-48-22-11-8-19-42(48)44-30-34(25-28-49(44)53)36-24-27-43-41-18-7-10-21-47(41)52(50(43)32-36)37-14-4-3-5-15-37/h3-32H,1-2H3. The summed E-state index contributed by atoms with van der Waals surface area (Å²) in [5.74, 6) is 0. The highest BCUT2D eigenvalue weighted by Crippen LogP contribution is 2.49. The molecular formula is C51H36N2. The lowest BCUT2D eigenvalue weighted by Gasteiger charge is -2.22.